The van der Waals surface area contributed by atoms with Gasteiger partial charge in [0.05, 0.1) is 18.3 Å². The molecule has 0 amide bonds. The largest absolute Gasteiger partial charge is 0.493 e. The minimum absolute atomic E-state index is 0.187. The lowest BCUT2D eigenvalue weighted by Crippen LogP contribution is -2.10. The molecule has 1 N–H and O–H groups in total. The summed E-state index contributed by atoms with van der Waals surface area (Å²) in [5.41, 5.74) is 2.29. The Morgan fingerprint density at radius 3 is 2.09 bits per heavy atom. The van der Waals surface area contributed by atoms with E-state index < -0.39 is 5.97 Å². The van der Waals surface area contributed by atoms with Crippen LogP contribution in [0, 0.1) is 0 Å². The Morgan fingerprint density at radius 2 is 1.59 bits per heavy atom. The smallest absolute Gasteiger partial charge is 0.335 e. The minimum Gasteiger partial charge on any atom is -0.493 e. The number of carbonyl (C=O) groups is 1. The average Bonchev–Trinajstić information content (AvgIpc) is 2.55. The van der Waals surface area contributed by atoms with Gasteiger partial charge in [0, 0.05) is 13.5 Å². The van der Waals surface area contributed by atoms with E-state index in [-0.39, 0.29) is 11.7 Å². The van der Waals surface area contributed by atoms with Crippen LogP contribution in [0.4, 0.5) is 0 Å². The van der Waals surface area contributed by atoms with Crippen LogP contribution in [0.2, 0.25) is 0 Å². The molecule has 4 nitrogen and oxygen atoms in total. The van der Waals surface area contributed by atoms with Crippen LogP contribution < -0.4 is 4.74 Å². The van der Waals surface area contributed by atoms with Gasteiger partial charge < -0.3 is 14.6 Å². The third-order valence-electron chi connectivity index (χ3n) is 3.51. The highest BCUT2D eigenvalue weighted by Gasteiger charge is 2.04. The lowest BCUT2D eigenvalue weighted by atomic mass is 10.0. The molecule has 22 heavy (non-hydrogen) atoms. The van der Waals surface area contributed by atoms with Gasteiger partial charge in [-0.2, -0.15) is 0 Å². The fraction of sp³-hybridized carbons (Fsp3) is 0.278. The number of carboxylic acid groups (broad SMARTS) is 1. The number of hydrogen-bond acceptors (Lipinski definition) is 3. The number of ether oxygens (including phenoxy) is 2. The molecule has 0 spiro atoms. The molecule has 0 aliphatic rings. The van der Waals surface area contributed by atoms with Crippen LogP contribution in [0.5, 0.6) is 5.75 Å². The Balaban J connectivity index is 1.97. The Kier molecular flexibility index (Phi) is 5.55. The Bertz CT molecular complexity index is 602. The summed E-state index contributed by atoms with van der Waals surface area (Å²) in [7, 11) is 1.69. The molecule has 1 unspecified atom stereocenters. The van der Waals surface area contributed by atoms with Crippen LogP contribution in [0.15, 0.2) is 48.5 Å². The van der Waals surface area contributed by atoms with Crippen molar-refractivity contribution in [2.24, 2.45) is 0 Å². The minimum atomic E-state index is -0.916. The van der Waals surface area contributed by atoms with E-state index in [1.54, 1.807) is 31.4 Å². The van der Waals surface area contributed by atoms with Crippen LogP contribution >= 0.6 is 0 Å². The summed E-state index contributed by atoms with van der Waals surface area (Å²) in [5, 5.41) is 8.90. The van der Waals surface area contributed by atoms with Crippen LogP contribution in [0.25, 0.3) is 11.1 Å². The van der Waals surface area contributed by atoms with E-state index >= 15 is 0 Å². The zero-order chi connectivity index (χ0) is 15.9. The summed E-state index contributed by atoms with van der Waals surface area (Å²) in [6, 6.07) is 14.6. The van der Waals surface area contributed by atoms with Crippen molar-refractivity contribution < 1.29 is 19.4 Å². The van der Waals surface area contributed by atoms with E-state index in [1.165, 1.54) is 0 Å². The number of benzene rings is 2. The van der Waals surface area contributed by atoms with Crippen molar-refractivity contribution in [2.75, 3.05) is 13.7 Å². The molecule has 2 rings (SSSR count). The highest BCUT2D eigenvalue weighted by atomic mass is 16.5. The van der Waals surface area contributed by atoms with Crippen LogP contribution in [0.3, 0.4) is 0 Å². The fourth-order valence-corrected chi connectivity index (χ4v) is 2.01. The molecule has 0 saturated heterocycles. The summed E-state index contributed by atoms with van der Waals surface area (Å²) >= 11 is 0. The summed E-state index contributed by atoms with van der Waals surface area (Å²) in [5.74, 6) is -0.102. The third-order valence-corrected chi connectivity index (χ3v) is 3.51. The number of rotatable bonds is 7. The first kappa shape index (κ1) is 16.0. The Labute approximate surface area is 130 Å². The zero-order valence-corrected chi connectivity index (χ0v) is 12.8. The predicted octanol–water partition coefficient (Wildman–Crippen LogP) is 3.86. The maximum Gasteiger partial charge on any atom is 0.335 e. The SMILES string of the molecule is COC(C)CCOc1ccc(-c2ccc(C(=O)O)cc2)cc1. The molecule has 2 aromatic carbocycles. The third kappa shape index (κ3) is 4.33. The second kappa shape index (κ2) is 7.61. The summed E-state index contributed by atoms with van der Waals surface area (Å²) < 4.78 is 10.8. The van der Waals surface area contributed by atoms with Gasteiger partial charge in [0.1, 0.15) is 5.75 Å². The highest BCUT2D eigenvalue weighted by Crippen LogP contribution is 2.23. The van der Waals surface area contributed by atoms with Crippen LogP contribution in [0.1, 0.15) is 23.7 Å². The maximum atomic E-state index is 10.8. The lowest BCUT2D eigenvalue weighted by molar-refractivity contribution is 0.0697. The van der Waals surface area contributed by atoms with Gasteiger partial charge in [0.2, 0.25) is 0 Å². The van der Waals surface area contributed by atoms with Crippen LogP contribution in [-0.4, -0.2) is 30.9 Å². The van der Waals surface area contributed by atoms with E-state index in [9.17, 15) is 4.79 Å². The first-order valence-electron chi connectivity index (χ1n) is 7.19. The van der Waals surface area contributed by atoms with Crippen molar-refractivity contribution in [3.63, 3.8) is 0 Å². The first-order valence-corrected chi connectivity index (χ1v) is 7.19. The van der Waals surface area contributed by atoms with Gasteiger partial charge in [0.15, 0.2) is 0 Å². The van der Waals surface area contributed by atoms with Gasteiger partial charge in [0.25, 0.3) is 0 Å². The average molecular weight is 300 g/mol. The maximum absolute atomic E-state index is 10.8. The van der Waals surface area contributed by atoms with Gasteiger partial charge in [-0.25, -0.2) is 4.79 Å². The Hall–Kier alpha value is -2.33. The van der Waals surface area contributed by atoms with Crippen molar-refractivity contribution in [3.8, 4) is 16.9 Å². The number of hydrogen-bond donors (Lipinski definition) is 1. The molecule has 0 heterocycles. The van der Waals surface area contributed by atoms with Gasteiger partial charge in [-0.05, 0) is 42.3 Å². The molecule has 2 aromatic rings. The molecule has 116 valence electrons. The first-order chi connectivity index (χ1) is 10.6. The summed E-state index contributed by atoms with van der Waals surface area (Å²) in [6.45, 7) is 2.62. The van der Waals surface area contributed by atoms with E-state index in [0.29, 0.717) is 6.61 Å². The molecule has 0 fully saturated rings. The van der Waals surface area contributed by atoms with Crippen molar-refractivity contribution in [1.82, 2.24) is 0 Å². The molecule has 1 atom stereocenters. The van der Waals surface area contributed by atoms with Crippen LogP contribution in [-0.2, 0) is 4.74 Å². The van der Waals surface area contributed by atoms with Gasteiger partial charge >= 0.3 is 5.97 Å². The molecular formula is C18H20O4. The van der Waals surface area contributed by atoms with Gasteiger partial charge in [-0.3, -0.25) is 0 Å². The van der Waals surface area contributed by atoms with Crippen molar-refractivity contribution in [2.45, 2.75) is 19.4 Å². The monoisotopic (exact) mass is 300 g/mol. The van der Waals surface area contributed by atoms with Crippen molar-refractivity contribution >= 4 is 5.97 Å². The number of carboxylic acids is 1. The normalized spacial score (nSPS) is 11.9. The second-order valence-electron chi connectivity index (χ2n) is 5.09. The van der Waals surface area contributed by atoms with Crippen molar-refractivity contribution in [1.29, 1.82) is 0 Å². The molecule has 0 bridgehead atoms. The quantitative estimate of drug-likeness (QED) is 0.843. The molecule has 0 saturated carbocycles. The predicted molar refractivity (Wildman–Crippen MR) is 85.4 cm³/mol. The fourth-order valence-electron chi connectivity index (χ4n) is 2.01. The molecular weight excluding hydrogens is 280 g/mol. The number of methoxy groups -OCH3 is 1. The zero-order valence-electron chi connectivity index (χ0n) is 12.8. The molecule has 0 aromatic heterocycles. The second-order valence-corrected chi connectivity index (χ2v) is 5.09. The standard InChI is InChI=1S/C18H20O4/c1-13(21-2)11-12-22-17-9-7-15(8-10-17)14-3-5-16(6-4-14)18(19)20/h3-10,13H,11-12H2,1-2H3,(H,19,20). The molecule has 4 heteroatoms. The summed E-state index contributed by atoms with van der Waals surface area (Å²) in [4.78, 5) is 10.8. The Morgan fingerprint density at radius 1 is 1.05 bits per heavy atom. The van der Waals surface area contributed by atoms with E-state index in [1.807, 2.05) is 31.2 Å². The topological polar surface area (TPSA) is 55.8 Å². The molecule has 0 aliphatic heterocycles. The number of aromatic carboxylic acids is 1. The van der Waals surface area contributed by atoms with Gasteiger partial charge in [-0.15, -0.1) is 0 Å². The lowest BCUT2D eigenvalue weighted by Gasteiger charge is -2.11. The highest BCUT2D eigenvalue weighted by molar-refractivity contribution is 5.88. The molecule has 0 aliphatic carbocycles. The van der Waals surface area contributed by atoms with E-state index in [0.717, 1.165) is 23.3 Å². The van der Waals surface area contributed by atoms with Crippen molar-refractivity contribution in [3.05, 3.63) is 54.1 Å². The van der Waals surface area contributed by atoms with Gasteiger partial charge in [-0.1, -0.05) is 24.3 Å². The van der Waals surface area contributed by atoms with E-state index in [2.05, 4.69) is 0 Å². The summed E-state index contributed by atoms with van der Waals surface area (Å²) in [6.07, 6.45) is 1.03. The van der Waals surface area contributed by atoms with E-state index in [4.69, 9.17) is 14.6 Å². The molecule has 0 radical (unpaired) electrons.